The molecule has 0 aromatic heterocycles. The maximum Gasteiger partial charge on any atom is 0.323 e. The van der Waals surface area contributed by atoms with Gasteiger partial charge in [0.25, 0.3) is 0 Å². The summed E-state index contributed by atoms with van der Waals surface area (Å²) in [6.07, 6.45) is 6.58. The Balaban J connectivity index is 2.10. The third kappa shape index (κ3) is 4.24. The van der Waals surface area contributed by atoms with Gasteiger partial charge in [-0.25, -0.2) is 4.79 Å². The predicted molar refractivity (Wildman–Crippen MR) is 78.4 cm³/mol. The number of nitrogens with one attached hydrogen (secondary N) is 1. The lowest BCUT2D eigenvalue weighted by Crippen LogP contribution is -2.47. The molecule has 0 saturated heterocycles. The van der Waals surface area contributed by atoms with Gasteiger partial charge >= 0.3 is 12.0 Å². The van der Waals surface area contributed by atoms with Gasteiger partial charge < -0.3 is 15.5 Å². The predicted octanol–water partition coefficient (Wildman–Crippen LogP) is 2.10. The molecule has 2 amide bonds. The van der Waals surface area contributed by atoms with Crippen LogP contribution < -0.4 is 10.2 Å². The fourth-order valence-electron chi connectivity index (χ4n) is 2.23. The van der Waals surface area contributed by atoms with Crippen LogP contribution in [0.25, 0.3) is 0 Å². The van der Waals surface area contributed by atoms with E-state index in [-0.39, 0.29) is 11.8 Å². The van der Waals surface area contributed by atoms with Crippen LogP contribution in [0.4, 0.5) is 10.5 Å². The lowest BCUT2D eigenvalue weighted by atomic mass is 10.0. The number of hydrogen-bond donors (Lipinski definition) is 3. The maximum absolute atomic E-state index is 12.3. The van der Waals surface area contributed by atoms with Gasteiger partial charge in [-0.05, 0) is 43.5 Å². The third-order valence-electron chi connectivity index (χ3n) is 3.30. The second-order valence-electron chi connectivity index (χ2n) is 4.93. The van der Waals surface area contributed by atoms with E-state index in [9.17, 15) is 14.7 Å². The number of urea groups is 1. The molecule has 0 radical (unpaired) electrons. The maximum atomic E-state index is 12.3. The van der Waals surface area contributed by atoms with Crippen molar-refractivity contribution in [2.75, 3.05) is 11.4 Å². The van der Waals surface area contributed by atoms with Crippen molar-refractivity contribution in [1.29, 1.82) is 0 Å². The van der Waals surface area contributed by atoms with Crippen molar-refractivity contribution in [3.05, 3.63) is 36.4 Å². The molecule has 1 atom stereocenters. The zero-order valence-corrected chi connectivity index (χ0v) is 11.5. The Kier molecular flexibility index (Phi) is 4.81. The van der Waals surface area contributed by atoms with E-state index in [4.69, 9.17) is 5.11 Å². The number of phenols is 1. The smallest absolute Gasteiger partial charge is 0.323 e. The number of rotatable bonds is 4. The average Bonchev–Trinajstić information content (AvgIpc) is 2.46. The van der Waals surface area contributed by atoms with E-state index < -0.39 is 18.5 Å². The molecular formula is C15H18N2O4. The molecule has 1 aromatic rings. The van der Waals surface area contributed by atoms with Gasteiger partial charge in [0.15, 0.2) is 0 Å². The quantitative estimate of drug-likeness (QED) is 0.741. The Labute approximate surface area is 122 Å². The SMILES string of the molecule is O=C(O)CN(C(=O)NC1CC=CCC1)c1ccc(O)cc1. The normalized spacial score (nSPS) is 17.2. The van der Waals surface area contributed by atoms with Crippen molar-refractivity contribution < 1.29 is 19.8 Å². The van der Waals surface area contributed by atoms with Crippen LogP contribution in [0.1, 0.15) is 19.3 Å². The first kappa shape index (κ1) is 14.9. The van der Waals surface area contributed by atoms with Crippen LogP contribution in [0.3, 0.4) is 0 Å². The Morgan fingerprint density at radius 1 is 1.24 bits per heavy atom. The lowest BCUT2D eigenvalue weighted by molar-refractivity contribution is -0.135. The molecule has 6 heteroatoms. The van der Waals surface area contributed by atoms with Gasteiger partial charge in [-0.3, -0.25) is 9.69 Å². The van der Waals surface area contributed by atoms with Crippen LogP contribution in [-0.2, 0) is 4.79 Å². The molecule has 112 valence electrons. The molecule has 21 heavy (non-hydrogen) atoms. The largest absolute Gasteiger partial charge is 0.508 e. The van der Waals surface area contributed by atoms with Gasteiger partial charge in [0, 0.05) is 11.7 Å². The molecule has 3 N–H and O–H groups in total. The first-order chi connectivity index (χ1) is 10.1. The summed E-state index contributed by atoms with van der Waals surface area (Å²) in [6, 6.07) is 5.44. The summed E-state index contributed by atoms with van der Waals surface area (Å²) >= 11 is 0. The van der Waals surface area contributed by atoms with E-state index in [0.717, 1.165) is 24.2 Å². The summed E-state index contributed by atoms with van der Waals surface area (Å²) in [5.74, 6) is -1.03. The van der Waals surface area contributed by atoms with E-state index in [1.54, 1.807) is 0 Å². The number of aliphatic carboxylic acids is 1. The Hall–Kier alpha value is -2.50. The van der Waals surface area contributed by atoms with Crippen molar-refractivity contribution in [3.63, 3.8) is 0 Å². The number of amides is 2. The van der Waals surface area contributed by atoms with Gasteiger partial charge in [-0.2, -0.15) is 0 Å². The highest BCUT2D eigenvalue weighted by atomic mass is 16.4. The van der Waals surface area contributed by atoms with Crippen LogP contribution in [-0.4, -0.2) is 34.8 Å². The Bertz CT molecular complexity index is 539. The number of carboxylic acid groups (broad SMARTS) is 1. The standard InChI is InChI=1S/C15H18N2O4/c18-13-8-6-12(7-9-13)17(10-14(19)20)15(21)16-11-4-2-1-3-5-11/h1-2,6-9,11,18H,3-5,10H2,(H,16,21)(H,19,20). The number of aromatic hydroxyl groups is 1. The van der Waals surface area contributed by atoms with E-state index in [0.29, 0.717) is 5.69 Å². The van der Waals surface area contributed by atoms with Crippen LogP contribution in [0.5, 0.6) is 5.75 Å². The number of nitrogens with zero attached hydrogens (tertiary/aromatic N) is 1. The summed E-state index contributed by atoms with van der Waals surface area (Å²) < 4.78 is 0. The zero-order valence-electron chi connectivity index (χ0n) is 11.5. The summed E-state index contributed by atoms with van der Waals surface area (Å²) in [4.78, 5) is 24.4. The fourth-order valence-corrected chi connectivity index (χ4v) is 2.23. The minimum absolute atomic E-state index is 0.0240. The number of allylic oxidation sites excluding steroid dienone is 1. The molecule has 0 bridgehead atoms. The van der Waals surface area contributed by atoms with Crippen molar-refractivity contribution in [3.8, 4) is 5.75 Å². The highest BCUT2D eigenvalue weighted by Crippen LogP contribution is 2.19. The minimum atomic E-state index is -1.10. The average molecular weight is 290 g/mol. The van der Waals surface area contributed by atoms with E-state index >= 15 is 0 Å². The molecule has 0 spiro atoms. The summed E-state index contributed by atoms with van der Waals surface area (Å²) in [6.45, 7) is -0.431. The zero-order chi connectivity index (χ0) is 15.2. The van der Waals surface area contributed by atoms with Crippen LogP contribution in [0.2, 0.25) is 0 Å². The summed E-state index contributed by atoms with van der Waals surface area (Å²) in [7, 11) is 0. The fraction of sp³-hybridized carbons (Fsp3) is 0.333. The molecule has 2 rings (SSSR count). The van der Waals surface area contributed by atoms with Gasteiger partial charge in [-0.15, -0.1) is 0 Å². The Morgan fingerprint density at radius 2 is 1.95 bits per heavy atom. The van der Waals surface area contributed by atoms with Gasteiger partial charge in [0.2, 0.25) is 0 Å². The van der Waals surface area contributed by atoms with Crippen molar-refractivity contribution >= 4 is 17.7 Å². The second-order valence-corrected chi connectivity index (χ2v) is 4.93. The van der Waals surface area contributed by atoms with Gasteiger partial charge in [-0.1, -0.05) is 12.2 Å². The number of hydrogen-bond acceptors (Lipinski definition) is 3. The number of phenolic OH excluding ortho intramolecular Hbond substituents is 1. The number of carbonyl (C=O) groups is 2. The highest BCUT2D eigenvalue weighted by molar-refractivity contribution is 5.96. The summed E-state index contributed by atoms with van der Waals surface area (Å²) in [5.41, 5.74) is 0.430. The summed E-state index contributed by atoms with van der Waals surface area (Å²) in [5, 5.41) is 21.1. The van der Waals surface area contributed by atoms with Crippen molar-refractivity contribution in [1.82, 2.24) is 5.32 Å². The molecule has 0 fully saturated rings. The number of carbonyl (C=O) groups excluding carboxylic acids is 1. The Morgan fingerprint density at radius 3 is 2.52 bits per heavy atom. The second kappa shape index (κ2) is 6.78. The molecule has 0 aliphatic heterocycles. The number of carboxylic acids is 1. The minimum Gasteiger partial charge on any atom is -0.508 e. The lowest BCUT2D eigenvalue weighted by Gasteiger charge is -2.26. The van der Waals surface area contributed by atoms with E-state index in [1.165, 1.54) is 24.3 Å². The molecule has 0 heterocycles. The molecular weight excluding hydrogens is 272 g/mol. The van der Waals surface area contributed by atoms with Crippen LogP contribution in [0, 0.1) is 0 Å². The van der Waals surface area contributed by atoms with Crippen molar-refractivity contribution in [2.24, 2.45) is 0 Å². The van der Waals surface area contributed by atoms with Gasteiger partial charge in [0.1, 0.15) is 12.3 Å². The highest BCUT2D eigenvalue weighted by Gasteiger charge is 2.21. The van der Waals surface area contributed by atoms with Gasteiger partial charge in [0.05, 0.1) is 0 Å². The molecule has 1 aromatic carbocycles. The first-order valence-corrected chi connectivity index (χ1v) is 6.80. The topological polar surface area (TPSA) is 89.9 Å². The monoisotopic (exact) mass is 290 g/mol. The number of benzene rings is 1. The third-order valence-corrected chi connectivity index (χ3v) is 3.30. The van der Waals surface area contributed by atoms with E-state index in [2.05, 4.69) is 11.4 Å². The number of anilines is 1. The molecule has 6 nitrogen and oxygen atoms in total. The van der Waals surface area contributed by atoms with E-state index in [1.807, 2.05) is 6.08 Å². The first-order valence-electron chi connectivity index (χ1n) is 6.80. The molecule has 1 aliphatic carbocycles. The molecule has 1 unspecified atom stereocenters. The van der Waals surface area contributed by atoms with Crippen LogP contribution >= 0.6 is 0 Å². The molecule has 1 aliphatic rings. The van der Waals surface area contributed by atoms with Crippen molar-refractivity contribution in [2.45, 2.75) is 25.3 Å². The van der Waals surface area contributed by atoms with Crippen LogP contribution in [0.15, 0.2) is 36.4 Å². The molecule has 0 saturated carbocycles.